The molecule has 8 N–H and O–H groups in total. The van der Waals surface area contributed by atoms with Gasteiger partial charge in [0.1, 0.15) is 5.25 Å². The highest BCUT2D eigenvalue weighted by Crippen LogP contribution is 2.13. The van der Waals surface area contributed by atoms with Gasteiger partial charge in [-0.25, -0.2) is 9.59 Å². The zero-order chi connectivity index (χ0) is 21.8. The summed E-state index contributed by atoms with van der Waals surface area (Å²) in [4.78, 5) is 56.1. The first-order valence-electron chi connectivity index (χ1n) is 8.33. The van der Waals surface area contributed by atoms with E-state index >= 15 is 0 Å². The highest BCUT2D eigenvalue weighted by atomic mass is 32.1. The normalized spacial score (nSPS) is 10.9. The van der Waals surface area contributed by atoms with Crippen LogP contribution in [-0.2, 0) is 14.4 Å². The van der Waals surface area contributed by atoms with E-state index in [9.17, 15) is 24.0 Å². The fourth-order valence-corrected chi connectivity index (χ4v) is 2.07. The zero-order valence-corrected chi connectivity index (χ0v) is 16.1. The Morgan fingerprint density at radius 1 is 0.897 bits per heavy atom. The second kappa shape index (κ2) is 12.1. The summed E-state index contributed by atoms with van der Waals surface area (Å²) in [6.07, 6.45) is -0.354. The van der Waals surface area contributed by atoms with Crippen LogP contribution in [0.25, 0.3) is 0 Å². The van der Waals surface area contributed by atoms with Gasteiger partial charge in [0.05, 0.1) is 6.54 Å². The number of urea groups is 2. The second-order valence-electron chi connectivity index (χ2n) is 5.63. The van der Waals surface area contributed by atoms with E-state index in [4.69, 9.17) is 10.8 Å². The highest BCUT2D eigenvalue weighted by molar-refractivity contribution is 7.81. The molecule has 0 fully saturated rings. The van der Waals surface area contributed by atoms with E-state index < -0.39 is 35.1 Å². The molecule has 0 saturated heterocycles. The van der Waals surface area contributed by atoms with Crippen molar-refractivity contribution in [2.75, 3.05) is 30.3 Å². The molecule has 0 radical (unpaired) electrons. The van der Waals surface area contributed by atoms with Crippen LogP contribution in [-0.4, -0.2) is 59.8 Å². The van der Waals surface area contributed by atoms with Gasteiger partial charge < -0.3 is 37.4 Å². The molecule has 1 aromatic carbocycles. The molecular weight excluding hydrogens is 404 g/mol. The van der Waals surface area contributed by atoms with Gasteiger partial charge in [0, 0.05) is 30.9 Å². The number of benzene rings is 1. The van der Waals surface area contributed by atoms with Crippen LogP contribution in [0.15, 0.2) is 24.3 Å². The molecule has 1 rings (SSSR count). The Bertz CT molecular complexity index is 757. The van der Waals surface area contributed by atoms with Crippen LogP contribution < -0.4 is 32.3 Å². The number of thiol groups is 1. The number of carbonyl (C=O) groups is 5. The number of primary amides is 1. The Morgan fingerprint density at radius 3 is 2.00 bits per heavy atom. The standard InChI is InChI=1S/C16H22N6O6S/c17-15(27)21-9-1-3-10(4-2-9)22-16(28)19-6-5-18-13(24)8-20-12(23)7-11(29)14(25)26/h1-4,11,29H,5-8H2,(H,18,24)(H,20,23)(H,25,26)(H3,17,21,27)(H2,19,22,28). The third-order valence-electron chi connectivity index (χ3n) is 3.25. The summed E-state index contributed by atoms with van der Waals surface area (Å²) in [5.74, 6) is -2.34. The van der Waals surface area contributed by atoms with E-state index in [1.165, 1.54) is 0 Å². The Balaban J connectivity index is 2.19. The zero-order valence-electron chi connectivity index (χ0n) is 15.2. The summed E-state index contributed by atoms with van der Waals surface area (Å²) in [7, 11) is 0. The van der Waals surface area contributed by atoms with Crippen molar-refractivity contribution in [2.45, 2.75) is 11.7 Å². The van der Waals surface area contributed by atoms with Crippen molar-refractivity contribution in [3.05, 3.63) is 24.3 Å². The van der Waals surface area contributed by atoms with Crippen LogP contribution in [0.2, 0.25) is 0 Å². The van der Waals surface area contributed by atoms with Crippen LogP contribution in [0.4, 0.5) is 21.0 Å². The van der Waals surface area contributed by atoms with Crippen LogP contribution in [0.1, 0.15) is 6.42 Å². The molecule has 12 nitrogen and oxygen atoms in total. The first kappa shape index (κ1) is 23.6. The third kappa shape index (κ3) is 10.4. The smallest absolute Gasteiger partial charge is 0.319 e. The van der Waals surface area contributed by atoms with E-state index in [1.54, 1.807) is 24.3 Å². The lowest BCUT2D eigenvalue weighted by molar-refractivity contribution is -0.138. The lowest BCUT2D eigenvalue weighted by Gasteiger charge is -2.10. The quantitative estimate of drug-likeness (QED) is 0.180. The second-order valence-corrected chi connectivity index (χ2v) is 6.26. The number of nitrogens with two attached hydrogens (primary N) is 1. The van der Waals surface area contributed by atoms with Crippen molar-refractivity contribution in [3.63, 3.8) is 0 Å². The Morgan fingerprint density at radius 2 is 1.45 bits per heavy atom. The van der Waals surface area contributed by atoms with E-state index in [1.807, 2.05) is 0 Å². The lowest BCUT2D eigenvalue weighted by Crippen LogP contribution is -2.41. The molecule has 158 valence electrons. The van der Waals surface area contributed by atoms with Crippen molar-refractivity contribution >= 4 is 53.8 Å². The molecule has 29 heavy (non-hydrogen) atoms. The van der Waals surface area contributed by atoms with E-state index in [0.29, 0.717) is 11.4 Å². The molecule has 0 aliphatic carbocycles. The maximum Gasteiger partial charge on any atom is 0.319 e. The summed E-state index contributed by atoms with van der Waals surface area (Å²) < 4.78 is 0. The molecule has 0 saturated carbocycles. The van der Waals surface area contributed by atoms with Crippen molar-refractivity contribution in [1.29, 1.82) is 0 Å². The summed E-state index contributed by atoms with van der Waals surface area (Å²) in [6, 6.07) is 5.04. The van der Waals surface area contributed by atoms with Crippen LogP contribution in [0, 0.1) is 0 Å². The Kier molecular flexibility index (Phi) is 9.81. The van der Waals surface area contributed by atoms with Gasteiger partial charge >= 0.3 is 18.0 Å². The van der Waals surface area contributed by atoms with Gasteiger partial charge in [0.15, 0.2) is 0 Å². The van der Waals surface area contributed by atoms with Crippen molar-refractivity contribution in [1.82, 2.24) is 16.0 Å². The number of amides is 6. The molecule has 1 atom stereocenters. The highest BCUT2D eigenvalue weighted by Gasteiger charge is 2.16. The summed E-state index contributed by atoms with van der Waals surface area (Å²) in [5.41, 5.74) is 5.95. The average Bonchev–Trinajstić information content (AvgIpc) is 2.64. The molecule has 0 aromatic heterocycles. The number of anilines is 2. The van der Waals surface area contributed by atoms with Gasteiger partial charge in [-0.1, -0.05) is 0 Å². The van der Waals surface area contributed by atoms with Gasteiger partial charge in [-0.3, -0.25) is 14.4 Å². The summed E-state index contributed by atoms with van der Waals surface area (Å²) >= 11 is 3.72. The van der Waals surface area contributed by atoms with Gasteiger partial charge in [-0.05, 0) is 24.3 Å². The minimum absolute atomic E-state index is 0.119. The van der Waals surface area contributed by atoms with Gasteiger partial charge in [0.2, 0.25) is 11.8 Å². The third-order valence-corrected chi connectivity index (χ3v) is 3.66. The average molecular weight is 426 g/mol. The summed E-state index contributed by atoms with van der Waals surface area (Å²) in [6.45, 7) is -0.0741. The van der Waals surface area contributed by atoms with Crippen molar-refractivity contribution < 1.29 is 29.1 Å². The van der Waals surface area contributed by atoms with Crippen molar-refractivity contribution in [3.8, 4) is 0 Å². The first-order chi connectivity index (χ1) is 13.7. The largest absolute Gasteiger partial charge is 0.480 e. The molecule has 0 aliphatic rings. The number of aliphatic carboxylic acids is 1. The molecule has 0 bridgehead atoms. The predicted molar refractivity (Wildman–Crippen MR) is 108 cm³/mol. The molecule has 1 unspecified atom stereocenters. The van der Waals surface area contributed by atoms with Crippen LogP contribution >= 0.6 is 12.6 Å². The van der Waals surface area contributed by atoms with E-state index in [-0.39, 0.29) is 26.1 Å². The topological polar surface area (TPSA) is 192 Å². The van der Waals surface area contributed by atoms with Crippen LogP contribution in [0.5, 0.6) is 0 Å². The Hall–Kier alpha value is -3.48. The molecule has 0 aliphatic heterocycles. The molecule has 0 heterocycles. The maximum absolute atomic E-state index is 11.8. The fraction of sp³-hybridized carbons (Fsp3) is 0.312. The number of carboxylic acid groups (broad SMARTS) is 1. The van der Waals surface area contributed by atoms with E-state index in [2.05, 4.69) is 39.2 Å². The monoisotopic (exact) mass is 426 g/mol. The number of hydrogen-bond acceptors (Lipinski definition) is 6. The number of rotatable bonds is 10. The maximum atomic E-state index is 11.8. The van der Waals surface area contributed by atoms with Gasteiger partial charge in [0.25, 0.3) is 0 Å². The molecular formula is C16H22N6O6S. The van der Waals surface area contributed by atoms with Gasteiger partial charge in [-0.2, -0.15) is 12.6 Å². The molecule has 13 heteroatoms. The van der Waals surface area contributed by atoms with Gasteiger partial charge in [-0.15, -0.1) is 0 Å². The minimum atomic E-state index is -1.23. The fourth-order valence-electron chi connectivity index (χ4n) is 1.91. The van der Waals surface area contributed by atoms with Crippen molar-refractivity contribution in [2.24, 2.45) is 5.73 Å². The lowest BCUT2D eigenvalue weighted by atomic mass is 10.3. The van der Waals surface area contributed by atoms with E-state index in [0.717, 1.165) is 0 Å². The SMILES string of the molecule is NC(=O)Nc1ccc(NC(=O)NCCNC(=O)CNC(=O)CC(S)C(=O)O)cc1. The minimum Gasteiger partial charge on any atom is -0.480 e. The number of nitrogens with one attached hydrogen (secondary N) is 5. The first-order valence-corrected chi connectivity index (χ1v) is 8.84. The molecule has 1 aromatic rings. The Labute approximate surface area is 171 Å². The summed E-state index contributed by atoms with van der Waals surface area (Å²) in [5, 5.41) is 19.7. The molecule has 0 spiro atoms. The predicted octanol–water partition coefficient (Wildman–Crippen LogP) is -0.696. The number of carboxylic acids is 1. The number of carbonyl (C=O) groups excluding carboxylic acids is 4. The van der Waals surface area contributed by atoms with Crippen LogP contribution in [0.3, 0.4) is 0 Å². The number of hydrogen-bond donors (Lipinski definition) is 8. The molecule has 6 amide bonds.